The molecule has 0 aliphatic carbocycles. The first-order valence-corrected chi connectivity index (χ1v) is 14.2. The van der Waals surface area contributed by atoms with Gasteiger partial charge in [0.1, 0.15) is 0 Å². The normalized spacial score (nSPS) is 13.0. The number of ether oxygens (including phenoxy) is 3. The van der Waals surface area contributed by atoms with Crippen LogP contribution in [0.3, 0.4) is 0 Å². The van der Waals surface area contributed by atoms with Crippen LogP contribution >= 0.6 is 0 Å². The van der Waals surface area contributed by atoms with E-state index in [9.17, 15) is 8.42 Å². The Labute approximate surface area is 176 Å². The van der Waals surface area contributed by atoms with Gasteiger partial charge in [-0.05, 0) is 30.3 Å². The van der Waals surface area contributed by atoms with Gasteiger partial charge in [0.05, 0.1) is 57.8 Å². The summed E-state index contributed by atoms with van der Waals surface area (Å²) in [6, 6.07) is 8.03. The lowest BCUT2D eigenvalue weighted by Gasteiger charge is -2.36. The Morgan fingerprint density at radius 2 is 1.21 bits per heavy atom. The molecule has 1 aromatic carbocycles. The highest BCUT2D eigenvalue weighted by Crippen LogP contribution is 2.36. The van der Waals surface area contributed by atoms with Crippen molar-refractivity contribution >= 4 is 18.4 Å². The summed E-state index contributed by atoms with van der Waals surface area (Å²) in [4.78, 5) is 0.137. The third-order valence-electron chi connectivity index (χ3n) is 4.74. The Hall–Kier alpha value is -0.813. The van der Waals surface area contributed by atoms with E-state index in [1.54, 1.807) is 18.2 Å². The zero-order valence-corrected chi connectivity index (χ0v) is 20.1. The largest absolute Gasteiger partial charge is 0.414 e. The van der Waals surface area contributed by atoms with Crippen molar-refractivity contribution in [3.8, 4) is 0 Å². The molecule has 1 rings (SSSR count). The molecule has 0 saturated heterocycles. The summed E-state index contributed by atoms with van der Waals surface area (Å²) in [6.07, 6.45) is 0. The van der Waals surface area contributed by atoms with Crippen molar-refractivity contribution in [3.05, 3.63) is 30.3 Å². The smallest absolute Gasteiger partial charge is 0.297 e. The minimum atomic E-state index is -3.73. The summed E-state index contributed by atoms with van der Waals surface area (Å²) in [5.41, 5.74) is 0. The predicted octanol–water partition coefficient (Wildman–Crippen LogP) is 3.46. The number of hydrogen-bond acceptors (Lipinski definition) is 7. The molecule has 0 aromatic heterocycles. The predicted molar refractivity (Wildman–Crippen MR) is 115 cm³/mol. The van der Waals surface area contributed by atoms with Gasteiger partial charge in [-0.2, -0.15) is 8.42 Å². The molecule has 0 heterocycles. The van der Waals surface area contributed by atoms with Crippen LogP contribution in [0.5, 0.6) is 0 Å². The molecule has 0 amide bonds. The molecule has 0 spiro atoms. The van der Waals surface area contributed by atoms with E-state index in [1.807, 2.05) is 0 Å². The van der Waals surface area contributed by atoms with Gasteiger partial charge in [-0.25, -0.2) is 0 Å². The summed E-state index contributed by atoms with van der Waals surface area (Å²) in [5, 5.41) is 0.201. The molecule has 0 fully saturated rings. The van der Waals surface area contributed by atoms with E-state index in [0.29, 0.717) is 39.6 Å². The quantitative estimate of drug-likeness (QED) is 0.231. The molecule has 0 aliphatic heterocycles. The Bertz CT molecular complexity index is 657. The van der Waals surface area contributed by atoms with Crippen molar-refractivity contribution < 1.29 is 31.2 Å². The molecule has 1 aromatic rings. The highest BCUT2D eigenvalue weighted by Gasteiger charge is 2.36. The van der Waals surface area contributed by atoms with E-state index in [1.165, 1.54) is 12.1 Å². The fourth-order valence-corrected chi connectivity index (χ4v) is 3.91. The molecule has 0 atom stereocenters. The zero-order valence-electron chi connectivity index (χ0n) is 18.3. The van der Waals surface area contributed by atoms with Crippen LogP contribution in [0, 0.1) is 0 Å². The highest BCUT2D eigenvalue weighted by molar-refractivity contribution is 7.86. The minimum Gasteiger partial charge on any atom is -0.414 e. The van der Waals surface area contributed by atoms with Crippen LogP contribution in [-0.4, -0.2) is 69.6 Å². The lowest BCUT2D eigenvalue weighted by molar-refractivity contribution is 0.00460. The van der Waals surface area contributed by atoms with E-state index >= 15 is 0 Å². The number of benzene rings is 1. The third kappa shape index (κ3) is 10.7. The molecule has 7 nitrogen and oxygen atoms in total. The van der Waals surface area contributed by atoms with Gasteiger partial charge in [0.25, 0.3) is 10.1 Å². The standard InChI is InChI=1S/C20H36O7SSi/c1-20(2,3)29(4,5)27-18-16-25-14-12-23-11-13-24-15-17-26-28(21,22)19-9-7-6-8-10-19/h6-10H,11-18H2,1-5H3. The fourth-order valence-electron chi connectivity index (χ4n) is 1.97. The summed E-state index contributed by atoms with van der Waals surface area (Å²) < 4.78 is 51.0. The molecule has 0 bridgehead atoms. The molecule has 0 aliphatic rings. The Morgan fingerprint density at radius 3 is 1.69 bits per heavy atom. The van der Waals surface area contributed by atoms with Crippen LogP contribution in [-0.2, 0) is 32.9 Å². The summed E-state index contributed by atoms with van der Waals surface area (Å²) in [5.74, 6) is 0. The third-order valence-corrected chi connectivity index (χ3v) is 10.6. The first-order chi connectivity index (χ1) is 13.6. The van der Waals surface area contributed by atoms with Crippen LogP contribution in [0.1, 0.15) is 20.8 Å². The average Bonchev–Trinajstić information content (AvgIpc) is 2.65. The lowest BCUT2D eigenvalue weighted by atomic mass is 10.2. The molecule has 0 unspecified atom stereocenters. The molecule has 0 radical (unpaired) electrons. The van der Waals surface area contributed by atoms with E-state index in [0.717, 1.165) is 0 Å². The molecular formula is C20H36O7SSi. The molecule has 9 heteroatoms. The maximum atomic E-state index is 11.9. The molecular weight excluding hydrogens is 412 g/mol. The molecule has 29 heavy (non-hydrogen) atoms. The van der Waals surface area contributed by atoms with Crippen LogP contribution < -0.4 is 0 Å². The van der Waals surface area contributed by atoms with Crippen molar-refractivity contribution in [2.45, 2.75) is 43.8 Å². The Balaban J connectivity index is 1.94. The second-order valence-corrected chi connectivity index (χ2v) is 14.5. The molecule has 0 N–H and O–H groups in total. The summed E-state index contributed by atoms with van der Waals surface area (Å²) >= 11 is 0. The van der Waals surface area contributed by atoms with Crippen molar-refractivity contribution in [3.63, 3.8) is 0 Å². The topological polar surface area (TPSA) is 80.3 Å². The van der Waals surface area contributed by atoms with Crippen LogP contribution in [0.15, 0.2) is 35.2 Å². The van der Waals surface area contributed by atoms with Gasteiger partial charge in [-0.1, -0.05) is 39.0 Å². The van der Waals surface area contributed by atoms with Gasteiger partial charge < -0.3 is 18.6 Å². The second kappa shape index (κ2) is 12.8. The minimum absolute atomic E-state index is 0.0332. The lowest BCUT2D eigenvalue weighted by Crippen LogP contribution is -2.41. The van der Waals surface area contributed by atoms with Gasteiger partial charge in [0, 0.05) is 0 Å². The van der Waals surface area contributed by atoms with E-state index in [-0.39, 0.29) is 23.1 Å². The SMILES string of the molecule is CC(C)(C)[Si](C)(C)OCCOCCOCCOCCOS(=O)(=O)c1ccccc1. The Morgan fingerprint density at radius 1 is 0.759 bits per heavy atom. The van der Waals surface area contributed by atoms with Crippen molar-refractivity contribution in [2.24, 2.45) is 0 Å². The van der Waals surface area contributed by atoms with E-state index in [2.05, 4.69) is 33.9 Å². The zero-order chi connectivity index (χ0) is 21.8. The van der Waals surface area contributed by atoms with Gasteiger partial charge in [0.2, 0.25) is 0 Å². The number of hydrogen-bond donors (Lipinski definition) is 0. The molecule has 0 saturated carbocycles. The van der Waals surface area contributed by atoms with Gasteiger partial charge in [-0.15, -0.1) is 0 Å². The summed E-state index contributed by atoms with van der Waals surface area (Å²) in [7, 11) is -5.44. The summed E-state index contributed by atoms with van der Waals surface area (Å²) in [6.45, 7) is 14.1. The van der Waals surface area contributed by atoms with Crippen LogP contribution in [0.25, 0.3) is 0 Å². The van der Waals surface area contributed by atoms with Crippen molar-refractivity contribution in [1.82, 2.24) is 0 Å². The van der Waals surface area contributed by atoms with Gasteiger partial charge >= 0.3 is 0 Å². The van der Waals surface area contributed by atoms with Gasteiger partial charge in [0.15, 0.2) is 8.32 Å². The average molecular weight is 449 g/mol. The van der Waals surface area contributed by atoms with E-state index < -0.39 is 18.4 Å². The maximum Gasteiger partial charge on any atom is 0.297 e. The van der Waals surface area contributed by atoms with Gasteiger partial charge in [-0.3, -0.25) is 4.18 Å². The number of rotatable bonds is 15. The first kappa shape index (κ1) is 26.2. The fraction of sp³-hybridized carbons (Fsp3) is 0.700. The second-order valence-electron chi connectivity index (χ2n) is 8.04. The maximum absolute atomic E-state index is 11.9. The Kier molecular flexibility index (Phi) is 11.6. The first-order valence-electron chi connectivity index (χ1n) is 9.88. The molecule has 168 valence electrons. The van der Waals surface area contributed by atoms with Crippen molar-refractivity contribution in [1.29, 1.82) is 0 Å². The van der Waals surface area contributed by atoms with Crippen LogP contribution in [0.4, 0.5) is 0 Å². The van der Waals surface area contributed by atoms with Crippen LogP contribution in [0.2, 0.25) is 18.1 Å². The van der Waals surface area contributed by atoms with E-state index in [4.69, 9.17) is 22.8 Å². The highest BCUT2D eigenvalue weighted by atomic mass is 32.2. The van der Waals surface area contributed by atoms with Crippen molar-refractivity contribution in [2.75, 3.05) is 52.9 Å². The monoisotopic (exact) mass is 448 g/mol.